The van der Waals surface area contributed by atoms with Gasteiger partial charge in [-0.3, -0.25) is 9.69 Å². The molecule has 3 aromatic rings. The summed E-state index contributed by atoms with van der Waals surface area (Å²) < 4.78 is 12.4. The lowest BCUT2D eigenvalue weighted by Crippen LogP contribution is -2.44. The van der Waals surface area contributed by atoms with Gasteiger partial charge >= 0.3 is 6.03 Å². The monoisotopic (exact) mass is 472 g/mol. The fourth-order valence-corrected chi connectivity index (χ4v) is 4.47. The smallest absolute Gasteiger partial charge is 0.323 e. The normalized spacial score (nSPS) is 14.3. The molecule has 3 aromatic heterocycles. The number of urea groups is 1. The van der Waals surface area contributed by atoms with Crippen molar-refractivity contribution in [2.45, 2.75) is 19.4 Å². The maximum Gasteiger partial charge on any atom is 0.323 e. The second kappa shape index (κ2) is 11.2. The second-order valence-corrected chi connectivity index (χ2v) is 8.82. The topological polar surface area (TPSA) is 110 Å². The summed E-state index contributed by atoms with van der Waals surface area (Å²) in [6.45, 7) is 3.12. The van der Waals surface area contributed by atoms with Gasteiger partial charge in [0, 0.05) is 58.5 Å². The highest BCUT2D eigenvalue weighted by Gasteiger charge is 2.25. The molecule has 1 fully saturated rings. The van der Waals surface area contributed by atoms with Crippen molar-refractivity contribution in [2.24, 2.45) is 5.92 Å². The number of anilines is 1. The first-order valence-corrected chi connectivity index (χ1v) is 11.7. The van der Waals surface area contributed by atoms with Gasteiger partial charge in [0.2, 0.25) is 0 Å². The summed E-state index contributed by atoms with van der Waals surface area (Å²) in [6.07, 6.45) is 8.83. The van der Waals surface area contributed by atoms with Crippen molar-refractivity contribution >= 4 is 34.1 Å². The first-order valence-electron chi connectivity index (χ1n) is 10.9. The van der Waals surface area contributed by atoms with Crippen LogP contribution in [-0.4, -0.2) is 66.3 Å². The van der Waals surface area contributed by atoms with Crippen LogP contribution in [0.4, 0.5) is 9.93 Å². The number of imidazole rings is 1. The SMILES string of the molecule is COCCNC(=O)N(CC1CCOCC1)c1ncc(C(=O)NCc2ccc3nccn3c2)s1. The lowest BCUT2D eigenvalue weighted by molar-refractivity contribution is 0.0685. The summed E-state index contributed by atoms with van der Waals surface area (Å²) in [6, 6.07) is 3.59. The Bertz CT molecular complexity index is 1080. The maximum atomic E-state index is 12.9. The minimum Gasteiger partial charge on any atom is -0.383 e. The van der Waals surface area contributed by atoms with Gasteiger partial charge in [0.1, 0.15) is 10.5 Å². The van der Waals surface area contributed by atoms with Crippen LogP contribution in [-0.2, 0) is 16.0 Å². The lowest BCUT2D eigenvalue weighted by atomic mass is 10.00. The summed E-state index contributed by atoms with van der Waals surface area (Å²) >= 11 is 1.21. The number of carbonyl (C=O) groups excluding carboxylic acids is 2. The van der Waals surface area contributed by atoms with Gasteiger partial charge in [-0.15, -0.1) is 0 Å². The van der Waals surface area contributed by atoms with Gasteiger partial charge in [-0.25, -0.2) is 14.8 Å². The van der Waals surface area contributed by atoms with E-state index in [0.717, 1.165) is 24.1 Å². The Balaban J connectivity index is 1.41. The molecule has 0 aliphatic carbocycles. The minimum atomic E-state index is -0.242. The van der Waals surface area contributed by atoms with E-state index in [1.54, 1.807) is 18.2 Å². The van der Waals surface area contributed by atoms with Gasteiger partial charge in [0.15, 0.2) is 5.13 Å². The van der Waals surface area contributed by atoms with Crippen LogP contribution in [0.5, 0.6) is 0 Å². The molecule has 0 saturated carbocycles. The highest BCUT2D eigenvalue weighted by atomic mass is 32.1. The van der Waals surface area contributed by atoms with Crippen molar-refractivity contribution in [1.82, 2.24) is 25.0 Å². The lowest BCUT2D eigenvalue weighted by Gasteiger charge is -2.28. The zero-order chi connectivity index (χ0) is 23.0. The molecule has 1 aliphatic rings. The highest BCUT2D eigenvalue weighted by molar-refractivity contribution is 7.17. The van der Waals surface area contributed by atoms with E-state index in [4.69, 9.17) is 9.47 Å². The molecule has 176 valence electrons. The largest absolute Gasteiger partial charge is 0.383 e. The Morgan fingerprint density at radius 1 is 1.27 bits per heavy atom. The number of hydrogen-bond donors (Lipinski definition) is 2. The average Bonchev–Trinajstić information content (AvgIpc) is 3.51. The molecule has 3 amide bonds. The third kappa shape index (κ3) is 6.06. The number of ether oxygens (including phenoxy) is 2. The summed E-state index contributed by atoms with van der Waals surface area (Å²) in [5.74, 6) is 0.0986. The zero-order valence-electron chi connectivity index (χ0n) is 18.5. The van der Waals surface area contributed by atoms with E-state index in [2.05, 4.69) is 20.6 Å². The van der Waals surface area contributed by atoms with Crippen LogP contribution in [0.2, 0.25) is 0 Å². The van der Waals surface area contributed by atoms with Crippen LogP contribution >= 0.6 is 11.3 Å². The summed E-state index contributed by atoms with van der Waals surface area (Å²) in [4.78, 5) is 36.3. The van der Waals surface area contributed by atoms with E-state index in [0.29, 0.717) is 55.4 Å². The summed E-state index contributed by atoms with van der Waals surface area (Å²) in [5, 5.41) is 6.28. The third-order valence-electron chi connectivity index (χ3n) is 5.46. The number of hydrogen-bond acceptors (Lipinski definition) is 7. The molecular weight excluding hydrogens is 444 g/mol. The van der Waals surface area contributed by atoms with E-state index < -0.39 is 0 Å². The Labute approximate surface area is 195 Å². The first kappa shape index (κ1) is 23.1. The van der Waals surface area contributed by atoms with Gasteiger partial charge in [-0.05, 0) is 30.4 Å². The van der Waals surface area contributed by atoms with Crippen molar-refractivity contribution in [1.29, 1.82) is 0 Å². The molecule has 4 heterocycles. The number of nitrogens with zero attached hydrogens (tertiary/aromatic N) is 4. The van der Waals surface area contributed by atoms with Crippen LogP contribution in [0, 0.1) is 5.92 Å². The van der Waals surface area contributed by atoms with Gasteiger partial charge in [-0.2, -0.15) is 0 Å². The fourth-order valence-electron chi connectivity index (χ4n) is 3.63. The Morgan fingerprint density at radius 2 is 2.12 bits per heavy atom. The molecule has 33 heavy (non-hydrogen) atoms. The number of amides is 3. The molecule has 10 nitrogen and oxygen atoms in total. The molecule has 0 bridgehead atoms. The summed E-state index contributed by atoms with van der Waals surface area (Å²) in [7, 11) is 1.59. The molecule has 2 N–H and O–H groups in total. The van der Waals surface area contributed by atoms with E-state index in [-0.39, 0.29) is 11.9 Å². The first-order chi connectivity index (χ1) is 16.1. The number of thiazole rings is 1. The predicted octanol–water partition coefficient (Wildman–Crippen LogP) is 2.31. The number of fused-ring (bicyclic) bond motifs is 1. The number of rotatable bonds is 9. The van der Waals surface area contributed by atoms with Gasteiger partial charge in [-0.1, -0.05) is 17.4 Å². The van der Waals surface area contributed by atoms with E-state index in [9.17, 15) is 9.59 Å². The molecule has 0 aromatic carbocycles. The molecule has 0 spiro atoms. The maximum absolute atomic E-state index is 12.9. The Hall–Kier alpha value is -3.02. The number of pyridine rings is 1. The zero-order valence-corrected chi connectivity index (χ0v) is 19.3. The van der Waals surface area contributed by atoms with E-state index >= 15 is 0 Å². The van der Waals surface area contributed by atoms with Gasteiger partial charge in [0.05, 0.1) is 12.8 Å². The van der Waals surface area contributed by atoms with Crippen molar-refractivity contribution < 1.29 is 19.1 Å². The standard InChI is InChI=1S/C22H28N6O4S/c1-31-11-7-24-21(30)28(15-16-4-9-32-10-5-16)22-26-13-18(33-22)20(29)25-12-17-2-3-19-23-6-8-27(19)14-17/h2-3,6,8,13-14,16H,4-5,7,9-12,15H2,1H3,(H,24,30)(H,25,29). The van der Waals surface area contributed by atoms with Crippen molar-refractivity contribution in [3.63, 3.8) is 0 Å². The third-order valence-corrected chi connectivity index (χ3v) is 6.48. The van der Waals surface area contributed by atoms with Crippen LogP contribution in [0.15, 0.2) is 36.9 Å². The minimum absolute atomic E-state index is 0.227. The molecule has 1 saturated heterocycles. The van der Waals surface area contributed by atoms with Crippen molar-refractivity contribution in [3.05, 3.63) is 47.4 Å². The Morgan fingerprint density at radius 3 is 2.94 bits per heavy atom. The van der Waals surface area contributed by atoms with Crippen molar-refractivity contribution in [2.75, 3.05) is 44.9 Å². The quantitative estimate of drug-likeness (QED) is 0.463. The number of aromatic nitrogens is 3. The second-order valence-electron chi connectivity index (χ2n) is 7.81. The predicted molar refractivity (Wildman–Crippen MR) is 125 cm³/mol. The molecule has 11 heteroatoms. The fraction of sp³-hybridized carbons (Fsp3) is 0.455. The molecule has 0 unspecified atom stereocenters. The molecule has 0 radical (unpaired) electrons. The van der Waals surface area contributed by atoms with Crippen LogP contribution in [0.3, 0.4) is 0 Å². The summed E-state index contributed by atoms with van der Waals surface area (Å²) in [5.41, 5.74) is 1.81. The Kier molecular flexibility index (Phi) is 7.87. The van der Waals surface area contributed by atoms with Crippen molar-refractivity contribution in [3.8, 4) is 0 Å². The number of methoxy groups -OCH3 is 1. The number of carbonyl (C=O) groups is 2. The highest BCUT2D eigenvalue weighted by Crippen LogP contribution is 2.26. The molecular formula is C22H28N6O4S. The van der Waals surface area contributed by atoms with E-state index in [1.807, 2.05) is 28.9 Å². The van der Waals surface area contributed by atoms with Crippen LogP contribution in [0.1, 0.15) is 28.1 Å². The molecule has 1 aliphatic heterocycles. The average molecular weight is 473 g/mol. The van der Waals surface area contributed by atoms with Gasteiger partial charge < -0.3 is 24.5 Å². The van der Waals surface area contributed by atoms with E-state index in [1.165, 1.54) is 17.5 Å². The number of nitrogens with one attached hydrogen (secondary N) is 2. The molecule has 4 rings (SSSR count). The van der Waals surface area contributed by atoms with Crippen LogP contribution in [0.25, 0.3) is 5.65 Å². The van der Waals surface area contributed by atoms with Gasteiger partial charge in [0.25, 0.3) is 5.91 Å². The molecule has 0 atom stereocenters. The van der Waals surface area contributed by atoms with Crippen LogP contribution < -0.4 is 15.5 Å².